The van der Waals surface area contributed by atoms with Crippen molar-refractivity contribution in [2.75, 3.05) is 5.75 Å². The summed E-state index contributed by atoms with van der Waals surface area (Å²) < 4.78 is 25.8. The van der Waals surface area contributed by atoms with E-state index >= 15 is 0 Å². The van der Waals surface area contributed by atoms with Crippen LogP contribution in [0, 0.1) is 11.6 Å². The van der Waals surface area contributed by atoms with Gasteiger partial charge in [0.05, 0.1) is 0 Å². The molecule has 1 aromatic rings. The minimum absolute atomic E-state index is 0.229. The molecule has 0 heterocycles. The van der Waals surface area contributed by atoms with Gasteiger partial charge in [-0.2, -0.15) is 0 Å². The van der Waals surface area contributed by atoms with Crippen LogP contribution in [0.5, 0.6) is 0 Å². The lowest BCUT2D eigenvalue weighted by Gasteiger charge is -2.05. The van der Waals surface area contributed by atoms with Crippen LogP contribution >= 0.6 is 11.8 Å². The summed E-state index contributed by atoms with van der Waals surface area (Å²) in [6, 6.07) is 3.92. The molecule has 0 radical (unpaired) electrons. The van der Waals surface area contributed by atoms with Gasteiger partial charge in [0, 0.05) is 17.0 Å². The second-order valence-corrected chi connectivity index (χ2v) is 5.03. The molecule has 1 atom stereocenters. The summed E-state index contributed by atoms with van der Waals surface area (Å²) >= 11 is 1.42. The summed E-state index contributed by atoms with van der Waals surface area (Å²) in [5.41, 5.74) is 5.62. The number of hydrogen-bond acceptors (Lipinski definition) is 2. The number of nitrogens with two attached hydrogens (primary N) is 1. The molecule has 0 fully saturated rings. The molecule has 0 aromatic heterocycles. The third-order valence-electron chi connectivity index (χ3n) is 2.21. The van der Waals surface area contributed by atoms with Crippen molar-refractivity contribution in [2.24, 2.45) is 5.73 Å². The van der Waals surface area contributed by atoms with Crippen LogP contribution < -0.4 is 5.73 Å². The van der Waals surface area contributed by atoms with E-state index in [0.717, 1.165) is 31.1 Å². The molecular formula is C12H17F2NS. The average molecular weight is 245 g/mol. The number of halogens is 2. The number of hydrogen-bond donors (Lipinski definition) is 1. The lowest BCUT2D eigenvalue weighted by molar-refractivity contribution is 0.565. The monoisotopic (exact) mass is 245 g/mol. The van der Waals surface area contributed by atoms with Crippen molar-refractivity contribution < 1.29 is 8.78 Å². The Morgan fingerprint density at radius 1 is 1.31 bits per heavy atom. The Hall–Kier alpha value is -0.610. The first-order valence-electron chi connectivity index (χ1n) is 5.43. The Labute approximate surface area is 99.4 Å². The standard InChI is InChI=1S/C12H17F2NS/c1-9(15)4-2-3-7-16-12-6-5-10(13)8-11(12)14/h5-6,8-9H,2-4,7,15H2,1H3. The Balaban J connectivity index is 2.27. The van der Waals surface area contributed by atoms with Crippen LogP contribution in [0.4, 0.5) is 8.78 Å². The lowest BCUT2D eigenvalue weighted by Crippen LogP contribution is -2.14. The van der Waals surface area contributed by atoms with Gasteiger partial charge >= 0.3 is 0 Å². The molecule has 0 amide bonds. The highest BCUT2D eigenvalue weighted by Gasteiger charge is 2.04. The smallest absolute Gasteiger partial charge is 0.139 e. The van der Waals surface area contributed by atoms with Gasteiger partial charge in [0.1, 0.15) is 11.6 Å². The molecule has 0 spiro atoms. The molecule has 0 bridgehead atoms. The minimum atomic E-state index is -0.529. The summed E-state index contributed by atoms with van der Waals surface area (Å²) in [4.78, 5) is 0.516. The minimum Gasteiger partial charge on any atom is -0.328 e. The number of rotatable bonds is 6. The highest BCUT2D eigenvalue weighted by molar-refractivity contribution is 7.99. The van der Waals surface area contributed by atoms with Crippen LogP contribution in [-0.4, -0.2) is 11.8 Å². The van der Waals surface area contributed by atoms with E-state index in [2.05, 4.69) is 0 Å². The molecule has 0 saturated heterocycles. The molecule has 1 rings (SSSR count). The first-order chi connectivity index (χ1) is 7.59. The first-order valence-corrected chi connectivity index (χ1v) is 6.41. The zero-order valence-electron chi connectivity index (χ0n) is 9.38. The Morgan fingerprint density at radius 3 is 2.69 bits per heavy atom. The topological polar surface area (TPSA) is 26.0 Å². The normalized spacial score (nSPS) is 12.8. The van der Waals surface area contributed by atoms with E-state index in [0.29, 0.717) is 4.90 Å². The highest BCUT2D eigenvalue weighted by atomic mass is 32.2. The molecular weight excluding hydrogens is 228 g/mol. The predicted octanol–water partition coefficient (Wildman–Crippen LogP) is 3.57. The molecule has 1 aromatic carbocycles. The van der Waals surface area contributed by atoms with E-state index in [1.807, 2.05) is 6.92 Å². The fourth-order valence-electron chi connectivity index (χ4n) is 1.34. The maximum Gasteiger partial charge on any atom is 0.139 e. The van der Waals surface area contributed by atoms with Gasteiger partial charge in [0.2, 0.25) is 0 Å². The van der Waals surface area contributed by atoms with Crippen molar-refractivity contribution in [3.05, 3.63) is 29.8 Å². The van der Waals surface area contributed by atoms with Gasteiger partial charge in [-0.15, -0.1) is 11.8 Å². The van der Waals surface area contributed by atoms with Crippen molar-refractivity contribution in [1.82, 2.24) is 0 Å². The molecule has 2 N–H and O–H groups in total. The van der Waals surface area contributed by atoms with Gasteiger partial charge in [0.25, 0.3) is 0 Å². The first kappa shape index (κ1) is 13.5. The van der Waals surface area contributed by atoms with Crippen molar-refractivity contribution in [2.45, 2.75) is 37.1 Å². The van der Waals surface area contributed by atoms with Crippen LogP contribution in [0.2, 0.25) is 0 Å². The van der Waals surface area contributed by atoms with Crippen LogP contribution in [0.25, 0.3) is 0 Å². The van der Waals surface area contributed by atoms with E-state index in [1.54, 1.807) is 0 Å². The van der Waals surface area contributed by atoms with E-state index < -0.39 is 11.6 Å². The zero-order chi connectivity index (χ0) is 12.0. The summed E-state index contributed by atoms with van der Waals surface area (Å²) in [7, 11) is 0. The van der Waals surface area contributed by atoms with Gasteiger partial charge < -0.3 is 5.73 Å². The lowest BCUT2D eigenvalue weighted by atomic mass is 10.2. The fourth-order valence-corrected chi connectivity index (χ4v) is 2.27. The van der Waals surface area contributed by atoms with Crippen LogP contribution in [0.15, 0.2) is 23.1 Å². The Bertz CT molecular complexity index is 329. The molecule has 1 nitrogen and oxygen atoms in total. The number of thioether (sulfide) groups is 1. The van der Waals surface area contributed by atoms with Crippen LogP contribution in [0.3, 0.4) is 0 Å². The fraction of sp³-hybridized carbons (Fsp3) is 0.500. The van der Waals surface area contributed by atoms with Crippen molar-refractivity contribution in [1.29, 1.82) is 0 Å². The van der Waals surface area contributed by atoms with Gasteiger partial charge in [-0.25, -0.2) is 8.78 Å². The highest BCUT2D eigenvalue weighted by Crippen LogP contribution is 2.23. The van der Waals surface area contributed by atoms with E-state index in [-0.39, 0.29) is 6.04 Å². The maximum absolute atomic E-state index is 13.2. The second kappa shape index (κ2) is 6.86. The maximum atomic E-state index is 13.2. The molecule has 1 unspecified atom stereocenters. The van der Waals surface area contributed by atoms with Crippen molar-refractivity contribution in [3.63, 3.8) is 0 Å². The molecule has 90 valence electrons. The van der Waals surface area contributed by atoms with Crippen molar-refractivity contribution in [3.8, 4) is 0 Å². The average Bonchev–Trinajstić information content (AvgIpc) is 2.20. The molecule has 0 saturated carbocycles. The molecule has 0 aliphatic heterocycles. The SMILES string of the molecule is CC(N)CCCCSc1ccc(F)cc1F. The summed E-state index contributed by atoms with van der Waals surface area (Å²) in [5, 5.41) is 0. The summed E-state index contributed by atoms with van der Waals surface area (Å²) in [6.45, 7) is 1.98. The number of unbranched alkanes of at least 4 members (excludes halogenated alkanes) is 1. The molecule has 4 heteroatoms. The largest absolute Gasteiger partial charge is 0.328 e. The van der Waals surface area contributed by atoms with Gasteiger partial charge in [-0.05, 0) is 37.7 Å². The Kier molecular flexibility index (Phi) is 5.77. The quantitative estimate of drug-likeness (QED) is 0.612. The third kappa shape index (κ3) is 4.94. The molecule has 0 aliphatic carbocycles. The van der Waals surface area contributed by atoms with Gasteiger partial charge in [-0.3, -0.25) is 0 Å². The Morgan fingerprint density at radius 2 is 2.06 bits per heavy atom. The number of benzene rings is 1. The van der Waals surface area contributed by atoms with E-state index in [4.69, 9.17) is 5.73 Å². The van der Waals surface area contributed by atoms with E-state index in [9.17, 15) is 8.78 Å². The van der Waals surface area contributed by atoms with E-state index in [1.165, 1.54) is 23.9 Å². The van der Waals surface area contributed by atoms with Gasteiger partial charge in [0.15, 0.2) is 0 Å². The van der Waals surface area contributed by atoms with Crippen LogP contribution in [0.1, 0.15) is 26.2 Å². The van der Waals surface area contributed by atoms with Crippen molar-refractivity contribution >= 4 is 11.8 Å². The second-order valence-electron chi connectivity index (χ2n) is 3.90. The summed E-state index contributed by atoms with van der Waals surface area (Å²) in [5.74, 6) is -0.161. The molecule has 16 heavy (non-hydrogen) atoms. The summed E-state index contributed by atoms with van der Waals surface area (Å²) in [6.07, 6.45) is 3.04. The molecule has 0 aliphatic rings. The van der Waals surface area contributed by atoms with Crippen LogP contribution in [-0.2, 0) is 0 Å². The zero-order valence-corrected chi connectivity index (χ0v) is 10.2. The van der Waals surface area contributed by atoms with Gasteiger partial charge in [-0.1, -0.05) is 6.42 Å². The predicted molar refractivity (Wildman–Crippen MR) is 64.6 cm³/mol. The third-order valence-corrected chi connectivity index (χ3v) is 3.34.